The Morgan fingerprint density at radius 3 is 2.28 bits per heavy atom. The fourth-order valence-corrected chi connectivity index (χ4v) is 1.27. The first-order valence-corrected chi connectivity index (χ1v) is 5.39. The van der Waals surface area contributed by atoms with E-state index in [2.05, 4.69) is 10.6 Å². The summed E-state index contributed by atoms with van der Waals surface area (Å²) in [5.41, 5.74) is 6.93. The van der Waals surface area contributed by atoms with Crippen LogP contribution in [0.2, 0.25) is 0 Å². The molecule has 1 aromatic rings. The molecule has 1 atom stereocenters. The molecule has 0 radical (unpaired) electrons. The molecular formula is C12H18ClN3O2. The average Bonchev–Trinajstić information content (AvgIpc) is 2.35. The Balaban J connectivity index is 0.00000289. The van der Waals surface area contributed by atoms with Crippen molar-refractivity contribution in [2.45, 2.75) is 19.5 Å². The van der Waals surface area contributed by atoms with Crippen molar-refractivity contribution in [2.24, 2.45) is 5.73 Å². The lowest BCUT2D eigenvalue weighted by Crippen LogP contribution is -2.37. The second-order valence-corrected chi connectivity index (χ2v) is 3.78. The van der Waals surface area contributed by atoms with Gasteiger partial charge in [-0.1, -0.05) is 12.1 Å². The van der Waals surface area contributed by atoms with E-state index in [1.165, 1.54) is 0 Å². The van der Waals surface area contributed by atoms with Gasteiger partial charge in [0, 0.05) is 19.2 Å². The molecule has 0 aliphatic heterocycles. The van der Waals surface area contributed by atoms with Crippen molar-refractivity contribution in [3.63, 3.8) is 0 Å². The van der Waals surface area contributed by atoms with Crippen LogP contribution < -0.4 is 16.4 Å². The fraction of sp³-hybridized carbons (Fsp3) is 0.333. The normalized spacial score (nSPS) is 11.1. The molecule has 0 unspecified atom stereocenters. The van der Waals surface area contributed by atoms with Crippen LogP contribution in [0.5, 0.6) is 0 Å². The molecule has 2 amide bonds. The first-order chi connectivity index (χ1) is 8.04. The predicted molar refractivity (Wildman–Crippen MR) is 72.6 cm³/mol. The number of benzene rings is 1. The van der Waals surface area contributed by atoms with Gasteiger partial charge in [0.15, 0.2) is 0 Å². The van der Waals surface area contributed by atoms with Gasteiger partial charge in [-0.25, -0.2) is 0 Å². The van der Waals surface area contributed by atoms with Crippen molar-refractivity contribution >= 4 is 24.2 Å². The molecule has 18 heavy (non-hydrogen) atoms. The van der Waals surface area contributed by atoms with Gasteiger partial charge in [0.05, 0.1) is 6.04 Å². The molecule has 0 aliphatic rings. The third-order valence-corrected chi connectivity index (χ3v) is 2.32. The van der Waals surface area contributed by atoms with E-state index >= 15 is 0 Å². The van der Waals surface area contributed by atoms with Gasteiger partial charge >= 0.3 is 0 Å². The Hall–Kier alpha value is -1.59. The summed E-state index contributed by atoms with van der Waals surface area (Å²) in [6.07, 6.45) is 0. The third-order valence-electron chi connectivity index (χ3n) is 2.32. The van der Waals surface area contributed by atoms with E-state index in [0.717, 1.165) is 5.56 Å². The summed E-state index contributed by atoms with van der Waals surface area (Å²) in [6, 6.07) is 6.51. The Morgan fingerprint density at radius 2 is 1.83 bits per heavy atom. The minimum Gasteiger partial charge on any atom is -0.355 e. The van der Waals surface area contributed by atoms with Crippen LogP contribution in [0.1, 0.15) is 22.8 Å². The van der Waals surface area contributed by atoms with Crippen molar-refractivity contribution < 1.29 is 9.59 Å². The van der Waals surface area contributed by atoms with Crippen molar-refractivity contribution in [2.75, 3.05) is 7.05 Å². The number of carbonyl (C=O) groups is 2. The molecule has 0 aromatic heterocycles. The fourth-order valence-electron chi connectivity index (χ4n) is 1.27. The van der Waals surface area contributed by atoms with Gasteiger partial charge in [-0.15, -0.1) is 12.4 Å². The predicted octanol–water partition coefficient (Wildman–Crippen LogP) is 0.431. The molecule has 1 rings (SSSR count). The maximum Gasteiger partial charge on any atom is 0.251 e. The lowest BCUT2D eigenvalue weighted by molar-refractivity contribution is -0.122. The maximum atomic E-state index is 11.3. The first-order valence-electron chi connectivity index (χ1n) is 5.39. The average molecular weight is 272 g/mol. The molecule has 0 saturated carbocycles. The maximum absolute atomic E-state index is 11.3. The molecule has 0 spiro atoms. The van der Waals surface area contributed by atoms with Gasteiger partial charge in [-0.2, -0.15) is 0 Å². The molecule has 0 heterocycles. The van der Waals surface area contributed by atoms with Gasteiger partial charge in [0.2, 0.25) is 5.91 Å². The highest BCUT2D eigenvalue weighted by Crippen LogP contribution is 2.04. The molecule has 0 bridgehead atoms. The van der Waals surface area contributed by atoms with Crippen LogP contribution in [0.3, 0.4) is 0 Å². The van der Waals surface area contributed by atoms with E-state index in [1.807, 2.05) is 0 Å². The van der Waals surface area contributed by atoms with Gasteiger partial charge < -0.3 is 16.4 Å². The zero-order chi connectivity index (χ0) is 12.8. The summed E-state index contributed by atoms with van der Waals surface area (Å²) in [5.74, 6) is -0.323. The lowest BCUT2D eigenvalue weighted by atomic mass is 10.1. The Bertz CT molecular complexity index is 404. The lowest BCUT2D eigenvalue weighted by Gasteiger charge is -2.08. The molecule has 0 aliphatic carbocycles. The molecule has 0 fully saturated rings. The largest absolute Gasteiger partial charge is 0.355 e. The quantitative estimate of drug-likeness (QED) is 0.743. The number of hydrogen-bond acceptors (Lipinski definition) is 3. The number of carbonyl (C=O) groups excluding carboxylic acids is 2. The number of amides is 2. The summed E-state index contributed by atoms with van der Waals surface area (Å²) in [6.45, 7) is 2.04. The highest BCUT2D eigenvalue weighted by atomic mass is 35.5. The smallest absolute Gasteiger partial charge is 0.251 e. The van der Waals surface area contributed by atoms with Crippen LogP contribution in [0, 0.1) is 0 Å². The van der Waals surface area contributed by atoms with E-state index in [0.29, 0.717) is 12.1 Å². The molecule has 100 valence electrons. The van der Waals surface area contributed by atoms with E-state index < -0.39 is 6.04 Å². The molecule has 5 nitrogen and oxygen atoms in total. The van der Waals surface area contributed by atoms with Crippen molar-refractivity contribution in [3.05, 3.63) is 35.4 Å². The van der Waals surface area contributed by atoms with Crippen LogP contribution in [-0.2, 0) is 11.3 Å². The van der Waals surface area contributed by atoms with Gasteiger partial charge in [0.1, 0.15) is 0 Å². The van der Waals surface area contributed by atoms with E-state index in [-0.39, 0.29) is 24.2 Å². The highest BCUT2D eigenvalue weighted by Gasteiger charge is 2.06. The van der Waals surface area contributed by atoms with E-state index in [9.17, 15) is 9.59 Å². The first kappa shape index (κ1) is 16.4. The summed E-state index contributed by atoms with van der Waals surface area (Å²) >= 11 is 0. The Labute approximate surface area is 113 Å². The molecule has 1 aromatic carbocycles. The number of rotatable bonds is 4. The monoisotopic (exact) mass is 271 g/mol. The Morgan fingerprint density at radius 1 is 1.28 bits per heavy atom. The Kier molecular flexibility index (Phi) is 7.00. The van der Waals surface area contributed by atoms with Crippen molar-refractivity contribution in [3.8, 4) is 0 Å². The van der Waals surface area contributed by atoms with Crippen LogP contribution in [0.25, 0.3) is 0 Å². The summed E-state index contributed by atoms with van der Waals surface area (Å²) in [5, 5.41) is 5.24. The van der Waals surface area contributed by atoms with Gasteiger partial charge in [-0.05, 0) is 24.6 Å². The van der Waals surface area contributed by atoms with Crippen LogP contribution in [-0.4, -0.2) is 24.9 Å². The summed E-state index contributed by atoms with van der Waals surface area (Å²) in [4.78, 5) is 22.5. The van der Waals surface area contributed by atoms with Gasteiger partial charge in [-0.3, -0.25) is 9.59 Å². The number of halogens is 1. The summed E-state index contributed by atoms with van der Waals surface area (Å²) < 4.78 is 0. The standard InChI is InChI=1S/C12H17N3O2.ClH/c1-8(13)11(16)15-7-9-3-5-10(6-4-9)12(17)14-2;/h3-6,8H,7,13H2,1-2H3,(H,14,17)(H,15,16);1H/t8-;/m1./s1. The summed E-state index contributed by atoms with van der Waals surface area (Å²) in [7, 11) is 1.58. The molecular weight excluding hydrogens is 254 g/mol. The topological polar surface area (TPSA) is 84.2 Å². The zero-order valence-corrected chi connectivity index (χ0v) is 11.2. The molecule has 6 heteroatoms. The molecule has 4 N–H and O–H groups in total. The van der Waals surface area contributed by atoms with E-state index in [4.69, 9.17) is 5.73 Å². The SMILES string of the molecule is CNC(=O)c1ccc(CNC(=O)[C@@H](C)N)cc1.Cl. The van der Waals surface area contributed by atoms with Crippen molar-refractivity contribution in [1.29, 1.82) is 0 Å². The number of hydrogen-bond donors (Lipinski definition) is 3. The van der Waals surface area contributed by atoms with Gasteiger partial charge in [0.25, 0.3) is 5.91 Å². The minimum atomic E-state index is -0.514. The second kappa shape index (κ2) is 7.68. The van der Waals surface area contributed by atoms with Crippen LogP contribution in [0.4, 0.5) is 0 Å². The highest BCUT2D eigenvalue weighted by molar-refractivity contribution is 5.93. The number of nitrogens with one attached hydrogen (secondary N) is 2. The number of nitrogens with two attached hydrogens (primary N) is 1. The van der Waals surface area contributed by atoms with Crippen molar-refractivity contribution in [1.82, 2.24) is 10.6 Å². The second-order valence-electron chi connectivity index (χ2n) is 3.78. The zero-order valence-electron chi connectivity index (χ0n) is 10.4. The van der Waals surface area contributed by atoms with Crippen LogP contribution in [0.15, 0.2) is 24.3 Å². The molecule has 0 saturated heterocycles. The van der Waals surface area contributed by atoms with E-state index in [1.54, 1.807) is 38.2 Å². The van der Waals surface area contributed by atoms with Crippen LogP contribution >= 0.6 is 12.4 Å². The third kappa shape index (κ3) is 4.73. The minimum absolute atomic E-state index is 0.